The van der Waals surface area contributed by atoms with Gasteiger partial charge in [-0.25, -0.2) is 4.98 Å². The van der Waals surface area contributed by atoms with E-state index in [1.165, 1.54) is 11.1 Å². The number of hydrogen-bond donors (Lipinski definition) is 3. The lowest BCUT2D eigenvalue weighted by atomic mass is 9.80. The maximum Gasteiger partial charge on any atom is 0.141 e. The second-order valence-electron chi connectivity index (χ2n) is 9.32. The van der Waals surface area contributed by atoms with E-state index >= 15 is 0 Å². The zero-order valence-corrected chi connectivity index (χ0v) is 24.6. The third-order valence-corrected chi connectivity index (χ3v) is 7.12. The molecular weight excluding hydrogens is 555 g/mol. The van der Waals surface area contributed by atoms with E-state index in [-0.39, 0.29) is 49.2 Å². The van der Waals surface area contributed by atoms with E-state index in [4.69, 9.17) is 9.72 Å². The third kappa shape index (κ3) is 7.14. The summed E-state index contributed by atoms with van der Waals surface area (Å²) in [6.45, 7) is 5.50. The van der Waals surface area contributed by atoms with E-state index in [1.807, 2.05) is 43.3 Å². The molecule has 4 aromatic rings. The molecule has 2 heterocycles. The molecule has 5 rings (SSSR count). The van der Waals surface area contributed by atoms with Crippen LogP contribution in [-0.2, 0) is 0 Å². The molecule has 1 aliphatic rings. The second-order valence-corrected chi connectivity index (χ2v) is 9.32. The lowest BCUT2D eigenvalue weighted by Crippen LogP contribution is -2.52. The minimum Gasteiger partial charge on any atom is -0.496 e. The molecule has 0 amide bonds. The molecule has 0 radical (unpaired) electrons. The van der Waals surface area contributed by atoms with E-state index in [1.54, 1.807) is 7.11 Å². The van der Waals surface area contributed by atoms with Crippen LogP contribution in [0.1, 0.15) is 34.5 Å². The molecule has 9 heteroatoms. The summed E-state index contributed by atoms with van der Waals surface area (Å²) in [7, 11) is 1.66. The molecule has 0 aliphatic carbocycles. The molecular formula is C30H37Cl3N4O2. The van der Waals surface area contributed by atoms with Crippen molar-refractivity contribution in [2.24, 2.45) is 0 Å². The van der Waals surface area contributed by atoms with E-state index in [0.717, 1.165) is 43.2 Å². The van der Waals surface area contributed by atoms with Gasteiger partial charge in [-0.1, -0.05) is 72.8 Å². The number of aromatic nitrogens is 2. The Morgan fingerprint density at radius 2 is 1.36 bits per heavy atom. The van der Waals surface area contributed by atoms with Crippen molar-refractivity contribution in [3.8, 4) is 17.1 Å². The fourth-order valence-corrected chi connectivity index (χ4v) is 5.37. The summed E-state index contributed by atoms with van der Waals surface area (Å²) in [5, 5.41) is 15.6. The van der Waals surface area contributed by atoms with Crippen molar-refractivity contribution < 1.29 is 9.84 Å². The van der Waals surface area contributed by atoms with Crippen LogP contribution in [-0.4, -0.2) is 59.3 Å². The molecule has 1 fully saturated rings. The maximum absolute atomic E-state index is 12.1. The Bertz CT molecular complexity index is 1230. The number of piperazine rings is 1. The Balaban J connectivity index is 0.00000178. The first-order valence-corrected chi connectivity index (χ1v) is 12.6. The van der Waals surface area contributed by atoms with Crippen LogP contribution in [0.15, 0.2) is 84.9 Å². The molecule has 3 N–H and O–H groups in total. The van der Waals surface area contributed by atoms with E-state index in [9.17, 15) is 5.11 Å². The molecule has 2 atom stereocenters. The zero-order chi connectivity index (χ0) is 24.9. The normalized spacial score (nSPS) is 14.9. The Morgan fingerprint density at radius 1 is 0.821 bits per heavy atom. The van der Waals surface area contributed by atoms with E-state index in [2.05, 4.69) is 63.7 Å². The number of rotatable bonds is 8. The summed E-state index contributed by atoms with van der Waals surface area (Å²) in [5.74, 6) is 1.43. The van der Waals surface area contributed by atoms with Gasteiger partial charge in [0.15, 0.2) is 0 Å². The van der Waals surface area contributed by atoms with Crippen molar-refractivity contribution in [3.63, 3.8) is 0 Å². The lowest BCUT2D eigenvalue weighted by Gasteiger charge is -2.42. The number of aryl methyl sites for hydroxylation is 1. The van der Waals surface area contributed by atoms with Crippen LogP contribution in [0.4, 0.5) is 0 Å². The Labute approximate surface area is 249 Å². The zero-order valence-electron chi connectivity index (χ0n) is 22.1. The molecule has 6 nitrogen and oxygen atoms in total. The van der Waals surface area contributed by atoms with Crippen LogP contribution in [0.3, 0.4) is 0 Å². The Kier molecular flexibility index (Phi) is 12.8. The van der Waals surface area contributed by atoms with Gasteiger partial charge < -0.3 is 20.1 Å². The largest absolute Gasteiger partial charge is 0.496 e. The number of methoxy groups -OCH3 is 1. The molecule has 210 valence electrons. The van der Waals surface area contributed by atoms with Crippen molar-refractivity contribution in [3.05, 3.63) is 107 Å². The van der Waals surface area contributed by atoms with Crippen LogP contribution >= 0.6 is 37.2 Å². The molecule has 1 aromatic heterocycles. The Hall–Kier alpha value is -2.58. The maximum atomic E-state index is 12.1. The van der Waals surface area contributed by atoms with Crippen molar-refractivity contribution in [1.82, 2.24) is 20.2 Å². The van der Waals surface area contributed by atoms with Gasteiger partial charge in [-0.3, -0.25) is 4.90 Å². The van der Waals surface area contributed by atoms with Crippen LogP contribution in [0.5, 0.6) is 5.75 Å². The fraction of sp³-hybridized carbons (Fsp3) is 0.300. The van der Waals surface area contributed by atoms with Crippen LogP contribution in [0.25, 0.3) is 11.4 Å². The molecule has 0 spiro atoms. The van der Waals surface area contributed by atoms with Crippen LogP contribution in [0.2, 0.25) is 0 Å². The van der Waals surface area contributed by atoms with Gasteiger partial charge >= 0.3 is 0 Å². The first-order valence-electron chi connectivity index (χ1n) is 12.6. The smallest absolute Gasteiger partial charge is 0.141 e. The number of benzene rings is 3. The summed E-state index contributed by atoms with van der Waals surface area (Å²) < 4.78 is 5.57. The fourth-order valence-electron chi connectivity index (χ4n) is 5.37. The number of nitrogens with zero attached hydrogens (tertiary/aromatic N) is 2. The molecule has 2 unspecified atom stereocenters. The molecule has 0 saturated carbocycles. The predicted octanol–water partition coefficient (Wildman–Crippen LogP) is 5.80. The average molecular weight is 592 g/mol. The summed E-state index contributed by atoms with van der Waals surface area (Å²) in [5.41, 5.74) is 4.79. The number of aliphatic hydroxyl groups is 1. The SMILES string of the molecule is COc1ccccc1-c1nc(C(O)C(C(c2ccccc2)c2ccccc2)N2CCNCC2)c(C)[nH]1.Cl.Cl.Cl. The summed E-state index contributed by atoms with van der Waals surface area (Å²) >= 11 is 0. The highest BCUT2D eigenvalue weighted by Gasteiger charge is 2.38. The van der Waals surface area contributed by atoms with Crippen molar-refractivity contribution in [1.29, 1.82) is 0 Å². The highest BCUT2D eigenvalue weighted by molar-refractivity contribution is 5.86. The van der Waals surface area contributed by atoms with E-state index in [0.29, 0.717) is 11.5 Å². The minimum absolute atomic E-state index is 0. The molecule has 39 heavy (non-hydrogen) atoms. The molecule has 1 saturated heterocycles. The highest BCUT2D eigenvalue weighted by Crippen LogP contribution is 2.39. The molecule has 3 aromatic carbocycles. The van der Waals surface area contributed by atoms with E-state index < -0.39 is 6.10 Å². The first kappa shape index (κ1) is 32.6. The number of H-pyrrole nitrogens is 1. The second kappa shape index (κ2) is 15.3. The van der Waals surface area contributed by atoms with Gasteiger partial charge in [-0.05, 0) is 30.2 Å². The van der Waals surface area contributed by atoms with Crippen LogP contribution in [0, 0.1) is 6.92 Å². The van der Waals surface area contributed by atoms with Gasteiger partial charge in [0.05, 0.1) is 24.4 Å². The van der Waals surface area contributed by atoms with Gasteiger partial charge in [-0.2, -0.15) is 0 Å². The number of imidazole rings is 1. The van der Waals surface area contributed by atoms with Gasteiger partial charge in [0.25, 0.3) is 0 Å². The standard InChI is InChI=1S/C30H34N4O2.3ClH/c1-21-27(33-30(32-21)24-15-9-10-16-25(24)36-2)29(35)28(34-19-17-31-18-20-34)26(22-11-5-3-6-12-22)23-13-7-4-8-14-23;;;/h3-16,26,28-29,31,35H,17-20H2,1-2H3,(H,32,33);3*1H. The van der Waals surface area contributed by atoms with Crippen LogP contribution < -0.4 is 10.1 Å². The number of aliphatic hydroxyl groups excluding tert-OH is 1. The predicted molar refractivity (Wildman–Crippen MR) is 165 cm³/mol. The summed E-state index contributed by atoms with van der Waals surface area (Å²) in [4.78, 5) is 10.8. The van der Waals surface area contributed by atoms with Crippen molar-refractivity contribution in [2.45, 2.75) is 25.0 Å². The number of para-hydroxylation sites is 1. The van der Waals surface area contributed by atoms with Gasteiger partial charge in [0, 0.05) is 37.8 Å². The lowest BCUT2D eigenvalue weighted by molar-refractivity contribution is 0.0295. The highest BCUT2D eigenvalue weighted by atomic mass is 35.5. The third-order valence-electron chi connectivity index (χ3n) is 7.12. The Morgan fingerprint density at radius 3 is 1.92 bits per heavy atom. The topological polar surface area (TPSA) is 73.4 Å². The number of hydrogen-bond acceptors (Lipinski definition) is 5. The number of ether oxygens (including phenoxy) is 1. The summed E-state index contributed by atoms with van der Waals surface area (Å²) in [6.07, 6.45) is -0.798. The van der Waals surface area contributed by atoms with Gasteiger partial charge in [-0.15, -0.1) is 37.2 Å². The minimum atomic E-state index is -0.798. The molecule has 0 bridgehead atoms. The van der Waals surface area contributed by atoms with Crippen molar-refractivity contribution >= 4 is 37.2 Å². The quantitative estimate of drug-likeness (QED) is 0.242. The van der Waals surface area contributed by atoms with Gasteiger partial charge in [0.2, 0.25) is 0 Å². The average Bonchev–Trinajstić information content (AvgIpc) is 3.34. The number of halogens is 3. The molecule has 1 aliphatic heterocycles. The number of aromatic amines is 1. The van der Waals surface area contributed by atoms with Crippen molar-refractivity contribution in [2.75, 3.05) is 33.3 Å². The summed E-state index contributed by atoms with van der Waals surface area (Å²) in [6, 6.07) is 28.7. The van der Waals surface area contributed by atoms with Gasteiger partial charge in [0.1, 0.15) is 17.7 Å². The first-order chi connectivity index (χ1) is 17.7. The monoisotopic (exact) mass is 590 g/mol. The number of nitrogens with one attached hydrogen (secondary N) is 2.